The highest BCUT2D eigenvalue weighted by molar-refractivity contribution is 6.02. The van der Waals surface area contributed by atoms with E-state index in [1.54, 1.807) is 19.1 Å². The standard InChI is InChI=1S/C40H57F3O7/c1-24(2)25(3)14-15-26(4)31-16-17-32(37(31,6)20-21-44)30-23-34(33-22-29(49-27(5)45)18-19-38(33,7)35(30)46)50-36(47)39(48-8,40(41,42)43)28-12-10-9-11-13-28/h9-13,23-26,29,31-34,44H,14-22H2,1-8H3/t25-,26+,29-,31+,32-,33+,34-,37+,38-,39-/m0/s1. The molecule has 2 fully saturated rings. The van der Waals surface area contributed by atoms with Gasteiger partial charge in [-0.3, -0.25) is 9.59 Å². The van der Waals surface area contributed by atoms with Gasteiger partial charge in [-0.2, -0.15) is 13.2 Å². The molecule has 10 atom stereocenters. The highest BCUT2D eigenvalue weighted by Crippen LogP contribution is 2.60. The number of aliphatic hydroxyl groups excluding tert-OH is 1. The molecule has 1 N–H and O–H groups in total. The van der Waals surface area contributed by atoms with Crippen molar-refractivity contribution in [2.75, 3.05) is 13.7 Å². The number of fused-ring (bicyclic) bond motifs is 1. The SMILES string of the molecule is CO[C@](C(=O)O[C@H]1C=C([C@@H]2CC[C@H]([C@H](C)CC[C@H](C)C(C)C)[C@@]2(C)CCO)C(=O)[C@@]2(C)CC[C@H](OC(C)=O)C[C@H]12)(c1ccccc1)C(F)(F)F. The van der Waals surface area contributed by atoms with E-state index >= 15 is 0 Å². The van der Waals surface area contributed by atoms with Crippen molar-refractivity contribution in [3.05, 3.63) is 47.5 Å². The molecule has 0 aliphatic heterocycles. The van der Waals surface area contributed by atoms with Crippen molar-refractivity contribution in [2.45, 2.75) is 124 Å². The van der Waals surface area contributed by atoms with Crippen molar-refractivity contribution in [1.82, 2.24) is 0 Å². The fourth-order valence-electron chi connectivity index (χ4n) is 9.48. The Morgan fingerprint density at radius 1 is 1.00 bits per heavy atom. The lowest BCUT2D eigenvalue weighted by molar-refractivity contribution is -0.279. The van der Waals surface area contributed by atoms with Crippen LogP contribution in [-0.2, 0) is 34.2 Å². The predicted octanol–water partition coefficient (Wildman–Crippen LogP) is 8.37. The van der Waals surface area contributed by atoms with Crippen LogP contribution in [-0.4, -0.2) is 54.9 Å². The summed E-state index contributed by atoms with van der Waals surface area (Å²) in [6.07, 6.45) is -0.476. The van der Waals surface area contributed by atoms with E-state index in [0.717, 1.165) is 26.4 Å². The van der Waals surface area contributed by atoms with Crippen molar-refractivity contribution < 1.29 is 46.9 Å². The van der Waals surface area contributed by atoms with Crippen LogP contribution in [0.3, 0.4) is 0 Å². The number of alkyl halides is 3. The van der Waals surface area contributed by atoms with Crippen LogP contribution in [0.5, 0.6) is 0 Å². The molecule has 3 aliphatic carbocycles. The predicted molar refractivity (Wildman–Crippen MR) is 184 cm³/mol. The number of benzene rings is 1. The highest BCUT2D eigenvalue weighted by Gasteiger charge is 2.65. The maximum atomic E-state index is 14.9. The van der Waals surface area contributed by atoms with Crippen LogP contribution in [0, 0.1) is 46.3 Å². The van der Waals surface area contributed by atoms with Crippen molar-refractivity contribution in [1.29, 1.82) is 0 Å². The van der Waals surface area contributed by atoms with Crippen molar-refractivity contribution in [2.24, 2.45) is 46.3 Å². The molecule has 0 aromatic heterocycles. The van der Waals surface area contributed by atoms with E-state index in [1.807, 2.05) is 0 Å². The summed E-state index contributed by atoms with van der Waals surface area (Å²) in [6.45, 7) is 14.1. The number of Topliss-reactive ketones (excluding diaryl/α,β-unsaturated/α-hetero) is 1. The lowest BCUT2D eigenvalue weighted by atomic mass is 9.55. The van der Waals surface area contributed by atoms with Gasteiger partial charge in [-0.15, -0.1) is 0 Å². The number of allylic oxidation sites excluding steroid dienone is 1. The molecule has 50 heavy (non-hydrogen) atoms. The summed E-state index contributed by atoms with van der Waals surface area (Å²) in [5.41, 5.74) is -4.91. The summed E-state index contributed by atoms with van der Waals surface area (Å²) in [5, 5.41) is 10.3. The number of methoxy groups -OCH3 is 1. The van der Waals surface area contributed by atoms with Crippen LogP contribution >= 0.6 is 0 Å². The number of hydrogen-bond donors (Lipinski definition) is 1. The van der Waals surface area contributed by atoms with Gasteiger partial charge in [-0.05, 0) is 85.2 Å². The Labute approximate surface area is 295 Å². The molecule has 10 heteroatoms. The monoisotopic (exact) mass is 706 g/mol. The molecule has 3 aliphatic rings. The van der Waals surface area contributed by atoms with Crippen molar-refractivity contribution >= 4 is 17.7 Å². The van der Waals surface area contributed by atoms with Crippen LogP contribution < -0.4 is 0 Å². The lowest BCUT2D eigenvalue weighted by Gasteiger charge is -2.50. The molecular weight excluding hydrogens is 649 g/mol. The van der Waals surface area contributed by atoms with Gasteiger partial charge in [0, 0.05) is 37.5 Å². The summed E-state index contributed by atoms with van der Waals surface area (Å²) in [7, 11) is 0.830. The van der Waals surface area contributed by atoms with E-state index in [4.69, 9.17) is 14.2 Å². The Kier molecular flexibility index (Phi) is 12.4. The van der Waals surface area contributed by atoms with E-state index in [2.05, 4.69) is 34.6 Å². The van der Waals surface area contributed by atoms with Crippen LogP contribution in [0.25, 0.3) is 0 Å². The largest absolute Gasteiger partial charge is 0.463 e. The fourth-order valence-corrected chi connectivity index (χ4v) is 9.48. The number of ketones is 1. The molecule has 0 spiro atoms. The van der Waals surface area contributed by atoms with Crippen LogP contribution in [0.4, 0.5) is 13.2 Å². The first-order chi connectivity index (χ1) is 23.4. The zero-order valence-electron chi connectivity index (χ0n) is 31.0. The van der Waals surface area contributed by atoms with Gasteiger partial charge >= 0.3 is 18.1 Å². The van der Waals surface area contributed by atoms with Gasteiger partial charge in [-0.25, -0.2) is 4.79 Å². The van der Waals surface area contributed by atoms with Crippen molar-refractivity contribution in [3.63, 3.8) is 0 Å². The third kappa shape index (κ3) is 7.43. The average Bonchev–Trinajstić information content (AvgIpc) is 3.38. The fraction of sp³-hybridized carbons (Fsp3) is 0.725. The van der Waals surface area contributed by atoms with Crippen LogP contribution in [0.15, 0.2) is 42.0 Å². The Bertz CT molecular complexity index is 1390. The van der Waals surface area contributed by atoms with E-state index < -0.39 is 58.2 Å². The molecule has 7 nitrogen and oxygen atoms in total. The number of hydrogen-bond acceptors (Lipinski definition) is 7. The number of rotatable bonds is 13. The van der Waals surface area contributed by atoms with Crippen LogP contribution in [0.1, 0.15) is 105 Å². The van der Waals surface area contributed by atoms with Gasteiger partial charge in [0.2, 0.25) is 0 Å². The second-order valence-corrected chi connectivity index (χ2v) is 16.1. The lowest BCUT2D eigenvalue weighted by Crippen LogP contribution is -2.56. The van der Waals surface area contributed by atoms with E-state index in [-0.39, 0.29) is 30.6 Å². The summed E-state index contributed by atoms with van der Waals surface area (Å²) < 4.78 is 61.4. The number of carbonyl (C=O) groups is 3. The zero-order valence-corrected chi connectivity index (χ0v) is 31.0. The van der Waals surface area contributed by atoms with Crippen LogP contribution in [0.2, 0.25) is 0 Å². The topological polar surface area (TPSA) is 99.1 Å². The summed E-state index contributed by atoms with van der Waals surface area (Å²) >= 11 is 0. The quantitative estimate of drug-likeness (QED) is 0.206. The minimum Gasteiger partial charge on any atom is -0.463 e. The first kappa shape index (κ1) is 40.1. The zero-order chi connectivity index (χ0) is 37.2. The molecule has 0 saturated heterocycles. The first-order valence-corrected chi connectivity index (χ1v) is 18.3. The number of halogens is 3. The molecule has 4 rings (SSSR count). The molecule has 0 unspecified atom stereocenters. The molecule has 1 aromatic rings. The maximum Gasteiger partial charge on any atom is 0.432 e. The van der Waals surface area contributed by atoms with Gasteiger partial charge in [0.15, 0.2) is 5.78 Å². The van der Waals surface area contributed by atoms with E-state index in [9.17, 15) is 32.7 Å². The van der Waals surface area contributed by atoms with Gasteiger partial charge in [-0.1, -0.05) is 84.7 Å². The molecule has 0 radical (unpaired) electrons. The van der Waals surface area contributed by atoms with E-state index in [1.165, 1.54) is 31.2 Å². The summed E-state index contributed by atoms with van der Waals surface area (Å²) in [4.78, 5) is 40.7. The van der Waals surface area contributed by atoms with Gasteiger partial charge in [0.25, 0.3) is 5.60 Å². The molecular formula is C40H57F3O7. The Balaban J connectivity index is 1.79. The van der Waals surface area contributed by atoms with Crippen molar-refractivity contribution in [3.8, 4) is 0 Å². The minimum atomic E-state index is -5.17. The second kappa shape index (κ2) is 15.5. The Morgan fingerprint density at radius 3 is 2.22 bits per heavy atom. The third-order valence-corrected chi connectivity index (χ3v) is 12.9. The molecule has 1 aromatic carbocycles. The smallest absolute Gasteiger partial charge is 0.432 e. The summed E-state index contributed by atoms with van der Waals surface area (Å²) in [6, 6.07) is 6.68. The van der Waals surface area contributed by atoms with Gasteiger partial charge < -0.3 is 19.3 Å². The van der Waals surface area contributed by atoms with Gasteiger partial charge in [0.05, 0.1) is 0 Å². The normalized spacial score (nSPS) is 32.5. The third-order valence-electron chi connectivity index (χ3n) is 12.9. The molecule has 2 saturated carbocycles. The Morgan fingerprint density at radius 2 is 1.66 bits per heavy atom. The molecule has 280 valence electrons. The minimum absolute atomic E-state index is 0.0680. The number of esters is 2. The van der Waals surface area contributed by atoms with Gasteiger partial charge in [0.1, 0.15) is 12.2 Å². The number of carbonyl (C=O) groups excluding carboxylic acids is 3. The average molecular weight is 707 g/mol. The van der Waals surface area contributed by atoms with E-state index in [0.29, 0.717) is 49.0 Å². The highest BCUT2D eigenvalue weighted by atomic mass is 19.4. The molecule has 0 heterocycles. The molecule has 0 amide bonds. The first-order valence-electron chi connectivity index (χ1n) is 18.3. The second-order valence-electron chi connectivity index (χ2n) is 16.1. The summed E-state index contributed by atoms with van der Waals surface area (Å²) in [5.74, 6) is -1.60. The maximum absolute atomic E-state index is 14.9. The number of ether oxygens (including phenoxy) is 3. The number of aliphatic hydroxyl groups is 1. The Hall–Kier alpha value is -2.72. The molecule has 0 bridgehead atoms.